The average molecular weight is 695 g/mol. The lowest BCUT2D eigenvalue weighted by molar-refractivity contribution is -0.161. The minimum atomic E-state index is -4.82. The van der Waals surface area contributed by atoms with Crippen LogP contribution in [0.25, 0.3) is 0 Å². The van der Waals surface area contributed by atoms with Crippen LogP contribution in [-0.4, -0.2) is 52.3 Å². The Balaban J connectivity index is 4.31. The summed E-state index contributed by atoms with van der Waals surface area (Å²) in [5, 5.41) is 10.2. The number of aliphatic hydroxyl groups is 1. The van der Waals surface area contributed by atoms with Gasteiger partial charge in [-0.1, -0.05) is 139 Å². The maximum atomic E-state index is 12.3. The summed E-state index contributed by atoms with van der Waals surface area (Å²) < 4.78 is 26.0. The highest BCUT2D eigenvalue weighted by atomic mass is 31.2. The number of esters is 2. The number of carbonyl (C=O) groups excluding carboxylic acids is 2. The zero-order valence-corrected chi connectivity index (χ0v) is 30.5. The van der Waals surface area contributed by atoms with Gasteiger partial charge in [-0.05, 0) is 50.9 Å². The van der Waals surface area contributed by atoms with Crippen LogP contribution in [0.4, 0.5) is 0 Å². The maximum absolute atomic E-state index is 12.3. The van der Waals surface area contributed by atoms with Crippen LogP contribution in [0.15, 0.2) is 72.9 Å². The highest BCUT2D eigenvalue weighted by molar-refractivity contribution is 7.46. The van der Waals surface area contributed by atoms with Crippen molar-refractivity contribution in [3.05, 3.63) is 72.9 Å². The highest BCUT2D eigenvalue weighted by Gasteiger charge is 2.23. The Bertz CT molecular complexity index is 1040. The van der Waals surface area contributed by atoms with Gasteiger partial charge in [-0.2, -0.15) is 0 Å². The van der Waals surface area contributed by atoms with E-state index in [2.05, 4.69) is 73.9 Å². The number of hydrogen-bond donors (Lipinski definition) is 3. The van der Waals surface area contributed by atoms with Crippen LogP contribution in [-0.2, 0) is 28.2 Å². The molecule has 0 fully saturated rings. The first kappa shape index (κ1) is 45.5. The Morgan fingerprint density at radius 2 is 1.25 bits per heavy atom. The van der Waals surface area contributed by atoms with Gasteiger partial charge in [0.1, 0.15) is 6.61 Å². The molecular weight excluding hydrogens is 631 g/mol. The van der Waals surface area contributed by atoms with Gasteiger partial charge in [0.05, 0.1) is 12.7 Å². The van der Waals surface area contributed by atoms with Crippen LogP contribution < -0.4 is 0 Å². The summed E-state index contributed by atoms with van der Waals surface area (Å²) in [5.74, 6) is -0.412. The number of hydrogen-bond acceptors (Lipinski definition) is 7. The minimum absolute atomic E-state index is 0.0868. The van der Waals surface area contributed by atoms with Crippen molar-refractivity contribution >= 4 is 19.8 Å². The molecule has 0 heterocycles. The number of aliphatic hydroxyl groups excluding tert-OH is 1. The summed E-state index contributed by atoms with van der Waals surface area (Å²) in [6, 6.07) is 0. The molecule has 0 rings (SSSR count). The van der Waals surface area contributed by atoms with Gasteiger partial charge in [0, 0.05) is 12.8 Å². The third kappa shape index (κ3) is 33.4. The van der Waals surface area contributed by atoms with Crippen LogP contribution >= 0.6 is 7.82 Å². The second-order valence-electron chi connectivity index (χ2n) is 11.9. The minimum Gasteiger partial charge on any atom is -0.462 e. The van der Waals surface area contributed by atoms with E-state index in [-0.39, 0.29) is 25.9 Å². The van der Waals surface area contributed by atoms with Gasteiger partial charge in [-0.15, -0.1) is 0 Å². The van der Waals surface area contributed by atoms with E-state index in [1.54, 1.807) is 12.2 Å². The second kappa shape index (κ2) is 31.7. The van der Waals surface area contributed by atoms with Gasteiger partial charge in [0.15, 0.2) is 6.10 Å². The highest BCUT2D eigenvalue weighted by Crippen LogP contribution is 2.35. The molecule has 274 valence electrons. The lowest BCUT2D eigenvalue weighted by atomic mass is 10.00. The normalized spacial score (nSPS) is 14.7. The van der Waals surface area contributed by atoms with Gasteiger partial charge in [-0.25, -0.2) is 4.57 Å². The summed E-state index contributed by atoms with van der Waals surface area (Å²) in [7, 11) is -4.82. The van der Waals surface area contributed by atoms with Gasteiger partial charge in [-0.3, -0.25) is 14.1 Å². The van der Waals surface area contributed by atoms with Crippen molar-refractivity contribution in [3.8, 4) is 0 Å². The average Bonchev–Trinajstić information content (AvgIpc) is 3.05. The zero-order chi connectivity index (χ0) is 35.7. The van der Waals surface area contributed by atoms with E-state index in [0.717, 1.165) is 57.3 Å². The van der Waals surface area contributed by atoms with E-state index in [1.807, 2.05) is 12.2 Å². The molecular formula is C38H63O9P. The van der Waals surface area contributed by atoms with E-state index in [4.69, 9.17) is 19.3 Å². The molecule has 0 aromatic heterocycles. The first-order valence-electron chi connectivity index (χ1n) is 17.7. The van der Waals surface area contributed by atoms with E-state index in [0.29, 0.717) is 6.42 Å². The molecule has 3 atom stereocenters. The van der Waals surface area contributed by atoms with Crippen LogP contribution in [0.5, 0.6) is 0 Å². The summed E-state index contributed by atoms with van der Waals surface area (Å²) >= 11 is 0. The maximum Gasteiger partial charge on any atom is 0.469 e. The van der Waals surface area contributed by atoms with Crippen molar-refractivity contribution in [1.29, 1.82) is 0 Å². The largest absolute Gasteiger partial charge is 0.469 e. The monoisotopic (exact) mass is 694 g/mol. The number of rotatable bonds is 30. The van der Waals surface area contributed by atoms with Crippen molar-refractivity contribution in [2.45, 2.75) is 136 Å². The third-order valence-corrected chi connectivity index (χ3v) is 7.88. The van der Waals surface area contributed by atoms with Crippen molar-refractivity contribution in [2.75, 3.05) is 13.2 Å². The molecule has 0 amide bonds. The smallest absolute Gasteiger partial charge is 0.462 e. The number of ether oxygens (including phenoxy) is 2. The number of carbonyl (C=O) groups is 2. The molecule has 0 aliphatic carbocycles. The molecule has 0 radical (unpaired) electrons. The Morgan fingerprint density at radius 3 is 1.83 bits per heavy atom. The third-order valence-electron chi connectivity index (χ3n) is 7.40. The Labute approximate surface area is 290 Å². The molecule has 0 bridgehead atoms. The van der Waals surface area contributed by atoms with Gasteiger partial charge in [0.25, 0.3) is 0 Å². The topological polar surface area (TPSA) is 140 Å². The van der Waals surface area contributed by atoms with Gasteiger partial charge in [0.2, 0.25) is 0 Å². The molecule has 0 aliphatic rings. The predicted octanol–water partition coefficient (Wildman–Crippen LogP) is 9.17. The molecule has 2 unspecified atom stereocenters. The van der Waals surface area contributed by atoms with Crippen molar-refractivity contribution in [3.63, 3.8) is 0 Å². The molecule has 10 heteroatoms. The standard InChI is InChI=1S/C38H63O9P/c1-4-6-7-8-9-10-11-12-13-14-15-16-17-18-22-25-28-35(39)30-31-38(41)47-36(33-46-48(42,43)44)32-45-37(40)29-26-23-20-19-21-24-27-34(3)5-2/h6-7,9-10,12-13,15-16,18,22,25,28,34-36,39H,4-5,8,11,14,17,19-21,23-24,26-27,29-33H2,1-3H3,(H2,42,43,44)/b7-6-,10-9-,13-12-,16-15-,22-18-,28-25-/t34?,35?,36-/m1/s1. The molecule has 0 aromatic carbocycles. The fraction of sp³-hybridized carbons (Fsp3) is 0.632. The van der Waals surface area contributed by atoms with Crippen LogP contribution in [0.3, 0.4) is 0 Å². The first-order chi connectivity index (χ1) is 23.1. The quantitative estimate of drug-likeness (QED) is 0.0221. The van der Waals surface area contributed by atoms with E-state index in [1.165, 1.54) is 25.7 Å². The van der Waals surface area contributed by atoms with E-state index >= 15 is 0 Å². The number of phosphoric acid groups is 1. The molecule has 0 aliphatic heterocycles. The molecule has 0 saturated carbocycles. The summed E-state index contributed by atoms with van der Waals surface area (Å²) in [4.78, 5) is 42.6. The molecule has 3 N–H and O–H groups in total. The fourth-order valence-electron chi connectivity index (χ4n) is 4.34. The lowest BCUT2D eigenvalue weighted by Gasteiger charge is -2.18. The van der Waals surface area contributed by atoms with Crippen LogP contribution in [0, 0.1) is 5.92 Å². The van der Waals surface area contributed by atoms with E-state index in [9.17, 15) is 19.3 Å². The molecule has 0 aromatic rings. The number of phosphoric ester groups is 1. The van der Waals surface area contributed by atoms with E-state index < -0.39 is 38.6 Å². The molecule has 9 nitrogen and oxygen atoms in total. The number of allylic oxidation sites excluding steroid dienone is 11. The summed E-state index contributed by atoms with van der Waals surface area (Å²) in [6.45, 7) is 5.59. The fourth-order valence-corrected chi connectivity index (χ4v) is 4.70. The summed E-state index contributed by atoms with van der Waals surface area (Å²) in [5.41, 5.74) is 0. The van der Waals surface area contributed by atoms with Gasteiger partial charge >= 0.3 is 19.8 Å². The van der Waals surface area contributed by atoms with Crippen molar-refractivity contribution in [2.24, 2.45) is 5.92 Å². The van der Waals surface area contributed by atoms with Crippen LogP contribution in [0.2, 0.25) is 0 Å². The molecule has 48 heavy (non-hydrogen) atoms. The second-order valence-corrected chi connectivity index (χ2v) is 13.1. The lowest BCUT2D eigenvalue weighted by Crippen LogP contribution is -2.29. The Kier molecular flexibility index (Phi) is 30.0. The Morgan fingerprint density at radius 1 is 0.688 bits per heavy atom. The van der Waals surface area contributed by atoms with Crippen molar-refractivity contribution in [1.82, 2.24) is 0 Å². The SMILES string of the molecule is CC/C=C\C/C=C\C/C=C\C/C=C\C/C=C\C=C/C(O)CCC(=O)O[C@H](COC(=O)CCCCCCCCC(C)CC)COP(=O)(O)O. The molecule has 0 saturated heterocycles. The van der Waals surface area contributed by atoms with Crippen LogP contribution in [0.1, 0.15) is 124 Å². The molecule has 0 spiro atoms. The predicted molar refractivity (Wildman–Crippen MR) is 194 cm³/mol. The van der Waals surface area contributed by atoms with Crippen molar-refractivity contribution < 1.29 is 43.0 Å². The summed E-state index contributed by atoms with van der Waals surface area (Å²) in [6.07, 6.45) is 35.5. The number of unbranched alkanes of at least 4 members (excludes halogenated alkanes) is 5. The Hall–Kier alpha value is -2.55. The zero-order valence-electron chi connectivity index (χ0n) is 29.6. The van der Waals surface area contributed by atoms with Gasteiger partial charge < -0.3 is 24.4 Å². The first-order valence-corrected chi connectivity index (χ1v) is 19.3.